The molecule has 3 heteroatoms. The monoisotopic (exact) mass is 251 g/mol. The molecule has 0 aliphatic heterocycles. The molecule has 0 fully saturated rings. The average Bonchev–Trinajstić information content (AvgIpc) is 2.26. The van der Waals surface area contributed by atoms with Gasteiger partial charge >= 0.3 is 0 Å². The lowest BCUT2D eigenvalue weighted by atomic mass is 10.1. The second-order valence-electron chi connectivity index (χ2n) is 5.48. The molecule has 0 aliphatic carbocycles. The summed E-state index contributed by atoms with van der Waals surface area (Å²) in [7, 11) is 0. The van der Waals surface area contributed by atoms with Gasteiger partial charge < -0.3 is 4.90 Å². The highest BCUT2D eigenvalue weighted by molar-refractivity contribution is 5.94. The molecular weight excluding hydrogens is 229 g/mol. The van der Waals surface area contributed by atoms with Gasteiger partial charge in [0.05, 0.1) is 5.56 Å². The molecule has 0 N–H and O–H groups in total. The molecule has 0 unspecified atom stereocenters. The number of halogens is 1. The zero-order valence-electron chi connectivity index (χ0n) is 11.6. The number of hydrogen-bond acceptors (Lipinski definition) is 1. The van der Waals surface area contributed by atoms with Crippen molar-refractivity contribution in [2.75, 3.05) is 13.1 Å². The Kier molecular flexibility index (Phi) is 5.32. The summed E-state index contributed by atoms with van der Waals surface area (Å²) < 4.78 is 13.6. The summed E-state index contributed by atoms with van der Waals surface area (Å²) in [6.45, 7) is 9.55. The maximum atomic E-state index is 13.6. The van der Waals surface area contributed by atoms with Crippen molar-refractivity contribution >= 4 is 5.91 Å². The topological polar surface area (TPSA) is 20.3 Å². The first-order valence-corrected chi connectivity index (χ1v) is 6.45. The molecule has 0 radical (unpaired) electrons. The van der Waals surface area contributed by atoms with Crippen molar-refractivity contribution < 1.29 is 9.18 Å². The summed E-state index contributed by atoms with van der Waals surface area (Å²) in [4.78, 5) is 14.1. The predicted molar refractivity (Wildman–Crippen MR) is 72.0 cm³/mol. The van der Waals surface area contributed by atoms with E-state index in [9.17, 15) is 9.18 Å². The molecule has 0 bridgehead atoms. The van der Waals surface area contributed by atoms with Crippen LogP contribution in [0, 0.1) is 17.7 Å². The van der Waals surface area contributed by atoms with Crippen molar-refractivity contribution in [2.24, 2.45) is 11.8 Å². The van der Waals surface area contributed by atoms with Crippen molar-refractivity contribution in [3.63, 3.8) is 0 Å². The van der Waals surface area contributed by atoms with E-state index < -0.39 is 5.82 Å². The van der Waals surface area contributed by atoms with Crippen molar-refractivity contribution in [3.8, 4) is 0 Å². The van der Waals surface area contributed by atoms with E-state index in [0.717, 1.165) is 0 Å². The second kappa shape index (κ2) is 6.53. The van der Waals surface area contributed by atoms with Crippen LogP contribution < -0.4 is 0 Å². The summed E-state index contributed by atoms with van der Waals surface area (Å²) in [6, 6.07) is 6.17. The smallest absolute Gasteiger partial charge is 0.256 e. The number of hydrogen-bond donors (Lipinski definition) is 0. The second-order valence-corrected chi connectivity index (χ2v) is 5.48. The Morgan fingerprint density at radius 3 is 2.06 bits per heavy atom. The van der Waals surface area contributed by atoms with Gasteiger partial charge in [-0.3, -0.25) is 4.79 Å². The fourth-order valence-corrected chi connectivity index (χ4v) is 1.93. The summed E-state index contributed by atoms with van der Waals surface area (Å²) >= 11 is 0. The third-order valence-corrected chi connectivity index (χ3v) is 2.56. The lowest BCUT2D eigenvalue weighted by Crippen LogP contribution is -2.37. The number of carbonyl (C=O) groups excluding carboxylic acids is 1. The van der Waals surface area contributed by atoms with Crippen LogP contribution in [0.1, 0.15) is 38.1 Å². The van der Waals surface area contributed by atoms with Crippen LogP contribution in [0.3, 0.4) is 0 Å². The van der Waals surface area contributed by atoms with E-state index in [1.807, 2.05) is 0 Å². The highest BCUT2D eigenvalue weighted by Crippen LogP contribution is 2.13. The number of amides is 1. The van der Waals surface area contributed by atoms with Gasteiger partial charge in [-0.1, -0.05) is 39.8 Å². The summed E-state index contributed by atoms with van der Waals surface area (Å²) in [6.07, 6.45) is 0. The first kappa shape index (κ1) is 14.7. The molecule has 1 aromatic carbocycles. The molecule has 1 amide bonds. The van der Waals surface area contributed by atoms with Crippen LogP contribution in [-0.2, 0) is 0 Å². The first-order chi connectivity index (χ1) is 8.41. The Hall–Kier alpha value is -1.38. The van der Waals surface area contributed by atoms with Crippen molar-refractivity contribution in [1.82, 2.24) is 4.90 Å². The van der Waals surface area contributed by atoms with Gasteiger partial charge in [-0.05, 0) is 24.0 Å². The molecule has 18 heavy (non-hydrogen) atoms. The zero-order chi connectivity index (χ0) is 13.7. The summed E-state index contributed by atoms with van der Waals surface area (Å²) in [5.74, 6) is 0.0921. The highest BCUT2D eigenvalue weighted by Gasteiger charge is 2.20. The average molecular weight is 251 g/mol. The Balaban J connectivity index is 2.91. The number of carbonyl (C=O) groups is 1. The first-order valence-electron chi connectivity index (χ1n) is 6.45. The van der Waals surface area contributed by atoms with Crippen LogP contribution in [0.25, 0.3) is 0 Å². The summed E-state index contributed by atoms with van der Waals surface area (Å²) in [5.41, 5.74) is 0.166. The Morgan fingerprint density at radius 1 is 1.11 bits per heavy atom. The zero-order valence-corrected chi connectivity index (χ0v) is 11.6. The molecule has 0 atom stereocenters. The van der Waals surface area contributed by atoms with Crippen LogP contribution in [0.15, 0.2) is 24.3 Å². The molecule has 100 valence electrons. The van der Waals surface area contributed by atoms with E-state index in [-0.39, 0.29) is 11.5 Å². The van der Waals surface area contributed by atoms with Gasteiger partial charge in [-0.25, -0.2) is 4.39 Å². The van der Waals surface area contributed by atoms with Gasteiger partial charge in [0.15, 0.2) is 0 Å². The van der Waals surface area contributed by atoms with Crippen molar-refractivity contribution in [3.05, 3.63) is 35.6 Å². The van der Waals surface area contributed by atoms with Gasteiger partial charge in [0.2, 0.25) is 0 Å². The SMILES string of the molecule is CC(C)CN(CC(C)C)C(=O)c1ccccc1F. The molecule has 1 aromatic rings. The Bertz CT molecular complexity index is 391. The van der Waals surface area contributed by atoms with E-state index in [1.165, 1.54) is 6.07 Å². The molecule has 2 nitrogen and oxygen atoms in total. The van der Waals surface area contributed by atoms with Crippen LogP contribution >= 0.6 is 0 Å². The molecule has 0 aliphatic rings. The molecule has 0 heterocycles. The molecule has 0 aromatic heterocycles. The molecular formula is C15H22FNO. The third-order valence-electron chi connectivity index (χ3n) is 2.56. The van der Waals surface area contributed by atoms with E-state index in [0.29, 0.717) is 24.9 Å². The van der Waals surface area contributed by atoms with Gasteiger partial charge in [0.1, 0.15) is 5.82 Å². The third kappa shape index (κ3) is 4.13. The minimum absolute atomic E-state index is 0.166. The normalized spacial score (nSPS) is 11.1. The molecule has 0 saturated heterocycles. The maximum Gasteiger partial charge on any atom is 0.256 e. The molecule has 1 rings (SSSR count). The highest BCUT2D eigenvalue weighted by atomic mass is 19.1. The largest absolute Gasteiger partial charge is 0.338 e. The van der Waals surface area contributed by atoms with Crippen LogP contribution in [0.4, 0.5) is 4.39 Å². The van der Waals surface area contributed by atoms with Gasteiger partial charge in [0.25, 0.3) is 5.91 Å². The van der Waals surface area contributed by atoms with Crippen LogP contribution in [0.2, 0.25) is 0 Å². The number of benzene rings is 1. The number of rotatable bonds is 5. The lowest BCUT2D eigenvalue weighted by molar-refractivity contribution is 0.0710. The van der Waals surface area contributed by atoms with Crippen LogP contribution in [-0.4, -0.2) is 23.9 Å². The quantitative estimate of drug-likeness (QED) is 0.783. The fourth-order valence-electron chi connectivity index (χ4n) is 1.93. The predicted octanol–water partition coefficient (Wildman–Crippen LogP) is 3.58. The Morgan fingerprint density at radius 2 is 1.61 bits per heavy atom. The maximum absolute atomic E-state index is 13.6. The standard InChI is InChI=1S/C15H22FNO/c1-11(2)9-17(10-12(3)4)15(18)13-7-5-6-8-14(13)16/h5-8,11-12H,9-10H2,1-4H3. The number of nitrogens with zero attached hydrogens (tertiary/aromatic N) is 1. The van der Waals surface area contributed by atoms with E-state index >= 15 is 0 Å². The van der Waals surface area contributed by atoms with E-state index in [2.05, 4.69) is 27.7 Å². The fraction of sp³-hybridized carbons (Fsp3) is 0.533. The minimum Gasteiger partial charge on any atom is -0.338 e. The minimum atomic E-state index is -0.444. The molecule has 0 saturated carbocycles. The van der Waals surface area contributed by atoms with Crippen molar-refractivity contribution in [2.45, 2.75) is 27.7 Å². The van der Waals surface area contributed by atoms with E-state index in [4.69, 9.17) is 0 Å². The lowest BCUT2D eigenvalue weighted by Gasteiger charge is -2.26. The van der Waals surface area contributed by atoms with Crippen LogP contribution in [0.5, 0.6) is 0 Å². The van der Waals surface area contributed by atoms with Gasteiger partial charge in [-0.15, -0.1) is 0 Å². The van der Waals surface area contributed by atoms with E-state index in [1.54, 1.807) is 23.1 Å². The van der Waals surface area contributed by atoms with Crippen molar-refractivity contribution in [1.29, 1.82) is 0 Å². The molecule has 0 spiro atoms. The van der Waals surface area contributed by atoms with Gasteiger partial charge in [-0.2, -0.15) is 0 Å². The summed E-state index contributed by atoms with van der Waals surface area (Å²) in [5, 5.41) is 0. The Labute approximate surface area is 109 Å². The van der Waals surface area contributed by atoms with Gasteiger partial charge in [0, 0.05) is 13.1 Å².